The van der Waals surface area contributed by atoms with Crippen molar-refractivity contribution >= 4 is 21.4 Å². The summed E-state index contributed by atoms with van der Waals surface area (Å²) in [4.78, 5) is 0.0106. The molecule has 21 heavy (non-hydrogen) atoms. The number of hydrogen-bond donors (Lipinski definition) is 4. The van der Waals surface area contributed by atoms with Crippen LogP contribution in [0.3, 0.4) is 0 Å². The summed E-state index contributed by atoms with van der Waals surface area (Å²) in [7, 11) is -3.78. The predicted octanol–water partition coefficient (Wildman–Crippen LogP) is 1.27. The number of aliphatic hydroxyl groups excluding tert-OH is 1. The third-order valence-corrected chi connectivity index (χ3v) is 5.20. The summed E-state index contributed by atoms with van der Waals surface area (Å²) in [5, 5.41) is 18.2. The lowest BCUT2D eigenvalue weighted by molar-refractivity contribution is 0.155. The Morgan fingerprint density at radius 2 is 2.00 bits per heavy atom. The molecule has 0 aliphatic heterocycles. The van der Waals surface area contributed by atoms with E-state index in [1.165, 1.54) is 18.2 Å². The predicted molar refractivity (Wildman–Crippen MR) is 83.3 cm³/mol. The van der Waals surface area contributed by atoms with E-state index in [1.807, 2.05) is 0 Å². The molecule has 118 valence electrons. The van der Waals surface area contributed by atoms with Crippen LogP contribution in [0.5, 0.6) is 0 Å². The summed E-state index contributed by atoms with van der Waals surface area (Å²) in [6, 6.07) is 4.32. The molecule has 0 amide bonds. The van der Waals surface area contributed by atoms with Crippen molar-refractivity contribution in [2.45, 2.75) is 43.0 Å². The third-order valence-electron chi connectivity index (χ3n) is 4.29. The van der Waals surface area contributed by atoms with Crippen LogP contribution in [-0.4, -0.2) is 25.7 Å². The van der Waals surface area contributed by atoms with Crippen LogP contribution in [-0.2, 0) is 10.0 Å². The Hall–Kier alpha value is -1.31. The molecule has 0 aromatic heterocycles. The van der Waals surface area contributed by atoms with Crippen molar-refractivity contribution in [1.82, 2.24) is 0 Å². The average Bonchev–Trinajstić information content (AvgIpc) is 2.43. The number of anilines is 2. The summed E-state index contributed by atoms with van der Waals surface area (Å²) in [6.07, 6.45) is 3.68. The highest BCUT2D eigenvalue weighted by Gasteiger charge is 2.34. The van der Waals surface area contributed by atoms with E-state index in [2.05, 4.69) is 12.2 Å². The van der Waals surface area contributed by atoms with Gasteiger partial charge in [-0.3, -0.25) is 0 Å². The van der Waals surface area contributed by atoms with Crippen LogP contribution < -0.4 is 16.2 Å². The molecule has 0 heterocycles. The molecule has 1 aliphatic rings. The minimum Gasteiger partial charge on any atom is -0.397 e. The lowest BCUT2D eigenvalue weighted by atomic mass is 9.77. The molecular weight excluding hydrogens is 290 g/mol. The van der Waals surface area contributed by atoms with Gasteiger partial charge in [-0.05, 0) is 49.8 Å². The van der Waals surface area contributed by atoms with E-state index in [-0.39, 0.29) is 11.5 Å². The highest BCUT2D eigenvalue weighted by Crippen LogP contribution is 2.36. The first-order valence-corrected chi connectivity index (χ1v) is 8.62. The van der Waals surface area contributed by atoms with Crippen LogP contribution in [0.1, 0.15) is 32.6 Å². The van der Waals surface area contributed by atoms with Gasteiger partial charge in [-0.15, -0.1) is 0 Å². The van der Waals surface area contributed by atoms with Gasteiger partial charge in [-0.2, -0.15) is 0 Å². The van der Waals surface area contributed by atoms with Crippen LogP contribution in [0.25, 0.3) is 0 Å². The highest BCUT2D eigenvalue weighted by atomic mass is 32.2. The smallest absolute Gasteiger partial charge is 0.238 e. The van der Waals surface area contributed by atoms with Crippen LogP contribution >= 0.6 is 0 Å². The van der Waals surface area contributed by atoms with E-state index >= 15 is 0 Å². The van der Waals surface area contributed by atoms with Gasteiger partial charge in [-0.25, -0.2) is 13.6 Å². The molecule has 6 N–H and O–H groups in total. The highest BCUT2D eigenvalue weighted by molar-refractivity contribution is 7.89. The van der Waals surface area contributed by atoms with Gasteiger partial charge in [-0.1, -0.05) is 6.92 Å². The third kappa shape index (κ3) is 3.66. The summed E-state index contributed by atoms with van der Waals surface area (Å²) < 4.78 is 22.9. The van der Waals surface area contributed by atoms with Gasteiger partial charge in [0.1, 0.15) is 0 Å². The summed E-state index contributed by atoms with van der Waals surface area (Å²) in [5.74, 6) is 0.638. The fourth-order valence-electron chi connectivity index (χ4n) is 2.74. The Morgan fingerprint density at radius 3 is 2.52 bits per heavy atom. The van der Waals surface area contributed by atoms with Crippen molar-refractivity contribution in [2.75, 3.05) is 17.7 Å². The van der Waals surface area contributed by atoms with E-state index in [9.17, 15) is 13.5 Å². The second kappa shape index (κ2) is 5.82. The summed E-state index contributed by atoms with van der Waals surface area (Å²) in [5.41, 5.74) is 6.41. The van der Waals surface area contributed by atoms with Crippen molar-refractivity contribution in [3.05, 3.63) is 18.2 Å². The maximum absolute atomic E-state index is 11.4. The first-order chi connectivity index (χ1) is 9.76. The van der Waals surface area contributed by atoms with Crippen molar-refractivity contribution in [3.8, 4) is 0 Å². The molecule has 0 atom stereocenters. The van der Waals surface area contributed by atoms with Gasteiger partial charge in [0.05, 0.1) is 28.4 Å². The maximum atomic E-state index is 11.4. The molecule has 0 saturated heterocycles. The Morgan fingerprint density at radius 1 is 1.38 bits per heavy atom. The maximum Gasteiger partial charge on any atom is 0.238 e. The second-order valence-electron chi connectivity index (χ2n) is 6.04. The minimum absolute atomic E-state index is 0.0106. The Kier molecular flexibility index (Phi) is 4.46. The second-order valence-corrected chi connectivity index (χ2v) is 7.60. The van der Waals surface area contributed by atoms with Crippen molar-refractivity contribution < 1.29 is 13.5 Å². The first-order valence-electron chi connectivity index (χ1n) is 7.07. The molecular formula is C14H23N3O3S. The standard InChI is InChI=1S/C14H23N3O3S/c1-10-4-6-14(9-18,7-5-10)17-13-8-11(21(16,19)20)2-3-12(13)15/h2-3,8,10,17-18H,4-7,9,15H2,1H3,(H2,16,19,20). The molecule has 6 nitrogen and oxygen atoms in total. The van der Waals surface area contributed by atoms with Crippen LogP contribution in [0.4, 0.5) is 11.4 Å². The fraction of sp³-hybridized carbons (Fsp3) is 0.571. The number of aliphatic hydroxyl groups is 1. The van der Waals surface area contributed by atoms with Gasteiger partial charge in [0, 0.05) is 0 Å². The molecule has 0 unspecified atom stereocenters. The van der Waals surface area contributed by atoms with E-state index in [1.54, 1.807) is 0 Å². The van der Waals surface area contributed by atoms with Crippen LogP contribution in [0.2, 0.25) is 0 Å². The zero-order valence-electron chi connectivity index (χ0n) is 12.2. The summed E-state index contributed by atoms with van der Waals surface area (Å²) in [6.45, 7) is 2.18. The van der Waals surface area contributed by atoms with E-state index in [0.29, 0.717) is 17.3 Å². The van der Waals surface area contributed by atoms with E-state index < -0.39 is 15.6 Å². The molecule has 0 radical (unpaired) electrons. The van der Waals surface area contributed by atoms with Crippen molar-refractivity contribution in [1.29, 1.82) is 0 Å². The first kappa shape index (κ1) is 16.1. The van der Waals surface area contributed by atoms with Gasteiger partial charge >= 0.3 is 0 Å². The number of rotatable bonds is 4. The number of sulfonamides is 1. The zero-order valence-corrected chi connectivity index (χ0v) is 13.0. The van der Waals surface area contributed by atoms with Gasteiger partial charge in [0.15, 0.2) is 0 Å². The minimum atomic E-state index is -3.78. The van der Waals surface area contributed by atoms with Crippen molar-refractivity contribution in [2.24, 2.45) is 11.1 Å². The lowest BCUT2D eigenvalue weighted by Gasteiger charge is -2.40. The average molecular weight is 313 g/mol. The Labute approximate surface area is 125 Å². The molecule has 1 saturated carbocycles. The topological polar surface area (TPSA) is 118 Å². The molecule has 1 aromatic carbocycles. The number of hydrogen-bond acceptors (Lipinski definition) is 5. The van der Waals surface area contributed by atoms with E-state index in [0.717, 1.165) is 25.7 Å². The number of nitrogens with two attached hydrogens (primary N) is 2. The Balaban J connectivity index is 2.29. The lowest BCUT2D eigenvalue weighted by Crippen LogP contribution is -2.45. The van der Waals surface area contributed by atoms with Crippen molar-refractivity contribution in [3.63, 3.8) is 0 Å². The number of nitrogens with one attached hydrogen (secondary N) is 1. The quantitative estimate of drug-likeness (QED) is 0.624. The molecule has 7 heteroatoms. The van der Waals surface area contributed by atoms with Gasteiger partial charge < -0.3 is 16.2 Å². The number of primary sulfonamides is 1. The molecule has 1 fully saturated rings. The van der Waals surface area contributed by atoms with Gasteiger partial charge in [0.25, 0.3) is 0 Å². The number of nitrogen functional groups attached to an aromatic ring is 1. The Bertz CT molecular complexity index is 608. The monoisotopic (exact) mass is 313 g/mol. The van der Waals surface area contributed by atoms with Crippen LogP contribution in [0, 0.1) is 5.92 Å². The van der Waals surface area contributed by atoms with E-state index in [4.69, 9.17) is 10.9 Å². The SMILES string of the molecule is CC1CCC(CO)(Nc2cc(S(N)(=O)=O)ccc2N)CC1. The van der Waals surface area contributed by atoms with Gasteiger partial charge in [0.2, 0.25) is 10.0 Å². The normalized spacial score (nSPS) is 26.5. The zero-order chi connectivity index (χ0) is 15.7. The summed E-state index contributed by atoms with van der Waals surface area (Å²) >= 11 is 0. The molecule has 1 aliphatic carbocycles. The number of benzene rings is 1. The fourth-order valence-corrected chi connectivity index (χ4v) is 3.28. The van der Waals surface area contributed by atoms with Crippen LogP contribution in [0.15, 0.2) is 23.1 Å². The molecule has 0 spiro atoms. The largest absolute Gasteiger partial charge is 0.397 e. The molecule has 1 aromatic rings. The molecule has 0 bridgehead atoms. The molecule has 2 rings (SSSR count).